The molecule has 290 valence electrons. The van der Waals surface area contributed by atoms with Gasteiger partial charge in [0.2, 0.25) is 0 Å². The summed E-state index contributed by atoms with van der Waals surface area (Å²) in [5.41, 5.74) is 17.7. The van der Waals surface area contributed by atoms with Gasteiger partial charge in [-0.25, -0.2) is 9.97 Å². The third-order valence-electron chi connectivity index (χ3n) is 11.2. The van der Waals surface area contributed by atoms with Crippen molar-refractivity contribution < 1.29 is 0 Å². The molecule has 10 aromatic rings. The van der Waals surface area contributed by atoms with Crippen LogP contribution in [0.5, 0.6) is 0 Å². The van der Waals surface area contributed by atoms with Crippen molar-refractivity contribution in [2.24, 2.45) is 0 Å². The van der Waals surface area contributed by atoms with E-state index in [0.29, 0.717) is 0 Å². The molecule has 9 aromatic carbocycles. The van der Waals surface area contributed by atoms with E-state index >= 15 is 0 Å². The summed E-state index contributed by atoms with van der Waals surface area (Å²) in [5, 5.41) is 0. The van der Waals surface area contributed by atoms with Gasteiger partial charge in [-0.1, -0.05) is 158 Å². The Kier molecular flexibility index (Phi) is 10.2. The molecule has 10 rings (SSSR count). The molecule has 0 N–H and O–H groups in total. The fourth-order valence-corrected chi connectivity index (χ4v) is 8.07. The maximum Gasteiger partial charge on any atom is 0.0973 e. The number of nitrogens with zero attached hydrogens (tertiary/aromatic N) is 4. The molecule has 0 unspecified atom stereocenters. The molecule has 4 nitrogen and oxygen atoms in total. The van der Waals surface area contributed by atoms with E-state index < -0.39 is 0 Å². The SMILES string of the molecule is Cc1cccc2nc(-c3ccc(N(c4ccccc4)c4ccc(-c5ccccc5)cc4)cc3)c(-c3ccc(N(c4ccccc4)c4ccc(-c5ccccc5)cc4)cc3)nc12. The van der Waals surface area contributed by atoms with Gasteiger partial charge in [0.1, 0.15) is 0 Å². The standard InChI is InChI=1S/C57H42N4/c1-41-15-14-24-54-55(41)59-57(47-31-39-53(40-32-47)61(49-22-12-5-13-23-49)51-35-27-45(28-36-51)43-18-8-3-9-19-43)56(58-54)46-29-37-52(38-30-46)60(48-20-10-4-11-21-48)50-33-25-44(26-34-50)42-16-6-2-7-17-42/h2-40H,1H3. The van der Waals surface area contributed by atoms with Crippen molar-refractivity contribution in [3.05, 3.63) is 242 Å². The molecule has 0 aliphatic carbocycles. The maximum absolute atomic E-state index is 5.35. The lowest BCUT2D eigenvalue weighted by Gasteiger charge is -2.26. The van der Waals surface area contributed by atoms with E-state index in [0.717, 1.165) is 73.2 Å². The molecular formula is C57H42N4. The molecule has 0 aliphatic rings. The highest BCUT2D eigenvalue weighted by Crippen LogP contribution is 2.40. The lowest BCUT2D eigenvalue weighted by Crippen LogP contribution is -2.10. The second-order valence-electron chi connectivity index (χ2n) is 15.1. The number of para-hydroxylation sites is 3. The van der Waals surface area contributed by atoms with E-state index in [1.54, 1.807) is 0 Å². The van der Waals surface area contributed by atoms with Crippen LogP contribution in [0.25, 0.3) is 55.8 Å². The lowest BCUT2D eigenvalue weighted by molar-refractivity contribution is 1.26. The predicted molar refractivity (Wildman–Crippen MR) is 255 cm³/mol. The molecule has 1 aromatic heterocycles. The first-order valence-corrected chi connectivity index (χ1v) is 20.7. The van der Waals surface area contributed by atoms with E-state index in [4.69, 9.17) is 9.97 Å². The van der Waals surface area contributed by atoms with Crippen molar-refractivity contribution in [3.63, 3.8) is 0 Å². The Labute approximate surface area is 357 Å². The van der Waals surface area contributed by atoms with Crippen LogP contribution in [0.2, 0.25) is 0 Å². The summed E-state index contributed by atoms with van der Waals surface area (Å²) < 4.78 is 0. The van der Waals surface area contributed by atoms with Crippen LogP contribution in [-0.2, 0) is 0 Å². The van der Waals surface area contributed by atoms with Gasteiger partial charge in [0, 0.05) is 45.3 Å². The fraction of sp³-hybridized carbons (Fsp3) is 0.0175. The highest BCUT2D eigenvalue weighted by atomic mass is 15.1. The molecular weight excluding hydrogens is 741 g/mol. The van der Waals surface area contributed by atoms with Crippen molar-refractivity contribution in [3.8, 4) is 44.8 Å². The third kappa shape index (κ3) is 7.67. The predicted octanol–water partition coefficient (Wildman–Crippen LogP) is 15.5. The number of aromatic nitrogens is 2. The van der Waals surface area contributed by atoms with Crippen LogP contribution >= 0.6 is 0 Å². The molecule has 0 bridgehead atoms. The van der Waals surface area contributed by atoms with E-state index in [2.05, 4.69) is 253 Å². The Morgan fingerprint density at radius 3 is 0.967 bits per heavy atom. The average Bonchev–Trinajstić information content (AvgIpc) is 3.34. The molecule has 0 atom stereocenters. The number of hydrogen-bond acceptors (Lipinski definition) is 4. The molecule has 0 fully saturated rings. The van der Waals surface area contributed by atoms with Gasteiger partial charge in [0.05, 0.1) is 22.4 Å². The van der Waals surface area contributed by atoms with Crippen LogP contribution in [0.15, 0.2) is 237 Å². The van der Waals surface area contributed by atoms with E-state index in [9.17, 15) is 0 Å². The van der Waals surface area contributed by atoms with Crippen LogP contribution in [0.3, 0.4) is 0 Å². The van der Waals surface area contributed by atoms with Crippen molar-refractivity contribution in [1.82, 2.24) is 9.97 Å². The first kappa shape index (κ1) is 37.2. The molecule has 0 saturated heterocycles. The van der Waals surface area contributed by atoms with Crippen LogP contribution in [0, 0.1) is 6.92 Å². The molecule has 4 heteroatoms. The van der Waals surface area contributed by atoms with Crippen LogP contribution in [0.4, 0.5) is 34.1 Å². The maximum atomic E-state index is 5.35. The van der Waals surface area contributed by atoms with Gasteiger partial charge in [-0.05, 0) is 114 Å². The van der Waals surface area contributed by atoms with Gasteiger partial charge < -0.3 is 9.80 Å². The summed E-state index contributed by atoms with van der Waals surface area (Å²) in [5.74, 6) is 0. The van der Waals surface area contributed by atoms with E-state index in [-0.39, 0.29) is 0 Å². The highest BCUT2D eigenvalue weighted by Gasteiger charge is 2.19. The number of fused-ring (bicyclic) bond motifs is 1. The molecule has 0 saturated carbocycles. The smallest absolute Gasteiger partial charge is 0.0973 e. The first-order valence-electron chi connectivity index (χ1n) is 20.7. The zero-order valence-corrected chi connectivity index (χ0v) is 33.8. The normalized spacial score (nSPS) is 11.0. The Hall–Kier alpha value is -8.08. The minimum Gasteiger partial charge on any atom is -0.311 e. The van der Waals surface area contributed by atoms with E-state index in [1.165, 1.54) is 22.3 Å². The second-order valence-corrected chi connectivity index (χ2v) is 15.1. The van der Waals surface area contributed by atoms with Crippen molar-refractivity contribution in [2.75, 3.05) is 9.80 Å². The number of anilines is 6. The first-order chi connectivity index (χ1) is 30.2. The number of benzene rings is 9. The monoisotopic (exact) mass is 782 g/mol. The van der Waals surface area contributed by atoms with Crippen LogP contribution < -0.4 is 9.80 Å². The molecule has 1 heterocycles. The summed E-state index contributed by atoms with van der Waals surface area (Å²) >= 11 is 0. The zero-order chi connectivity index (χ0) is 41.0. The average molecular weight is 783 g/mol. The minimum atomic E-state index is 0.840. The summed E-state index contributed by atoms with van der Waals surface area (Å²) in [4.78, 5) is 15.2. The number of aryl methyl sites for hydroxylation is 1. The largest absolute Gasteiger partial charge is 0.311 e. The van der Waals surface area contributed by atoms with Crippen molar-refractivity contribution in [1.29, 1.82) is 0 Å². The molecule has 0 aliphatic heterocycles. The number of rotatable bonds is 10. The van der Waals surface area contributed by atoms with Gasteiger partial charge in [-0.3, -0.25) is 0 Å². The Morgan fingerprint density at radius 2 is 0.574 bits per heavy atom. The zero-order valence-electron chi connectivity index (χ0n) is 33.8. The second kappa shape index (κ2) is 16.6. The summed E-state index contributed by atoms with van der Waals surface area (Å²) in [7, 11) is 0. The Bertz CT molecular complexity index is 3030. The summed E-state index contributed by atoms with van der Waals surface area (Å²) in [6, 6.07) is 83.2. The lowest BCUT2D eigenvalue weighted by atomic mass is 10.0. The third-order valence-corrected chi connectivity index (χ3v) is 11.2. The van der Waals surface area contributed by atoms with Gasteiger partial charge in [0.15, 0.2) is 0 Å². The molecule has 0 spiro atoms. The Balaban J connectivity index is 1.02. The summed E-state index contributed by atoms with van der Waals surface area (Å²) in [6.45, 7) is 2.10. The van der Waals surface area contributed by atoms with Gasteiger partial charge in [-0.2, -0.15) is 0 Å². The Morgan fingerprint density at radius 1 is 0.262 bits per heavy atom. The molecule has 61 heavy (non-hydrogen) atoms. The minimum absolute atomic E-state index is 0.840. The van der Waals surface area contributed by atoms with Crippen molar-refractivity contribution in [2.45, 2.75) is 6.92 Å². The van der Waals surface area contributed by atoms with Crippen molar-refractivity contribution >= 4 is 45.2 Å². The summed E-state index contributed by atoms with van der Waals surface area (Å²) in [6.07, 6.45) is 0. The van der Waals surface area contributed by atoms with Gasteiger partial charge in [0.25, 0.3) is 0 Å². The van der Waals surface area contributed by atoms with Crippen LogP contribution in [0.1, 0.15) is 5.56 Å². The van der Waals surface area contributed by atoms with Crippen LogP contribution in [-0.4, -0.2) is 9.97 Å². The molecule has 0 radical (unpaired) electrons. The van der Waals surface area contributed by atoms with Gasteiger partial charge >= 0.3 is 0 Å². The quantitative estimate of drug-likeness (QED) is 0.138. The van der Waals surface area contributed by atoms with E-state index in [1.807, 2.05) is 0 Å². The molecule has 0 amide bonds. The van der Waals surface area contributed by atoms with Gasteiger partial charge in [-0.15, -0.1) is 0 Å². The topological polar surface area (TPSA) is 32.3 Å². The number of hydrogen-bond donors (Lipinski definition) is 0. The fourth-order valence-electron chi connectivity index (χ4n) is 8.07. The highest BCUT2D eigenvalue weighted by molar-refractivity contribution is 5.89.